The minimum absolute atomic E-state index is 0.239. The molecule has 0 saturated heterocycles. The van der Waals surface area contributed by atoms with Gasteiger partial charge in [-0.1, -0.05) is 19.8 Å². The topological polar surface area (TPSA) is 75.1 Å². The van der Waals surface area contributed by atoms with Crippen LogP contribution in [0.3, 0.4) is 0 Å². The van der Waals surface area contributed by atoms with Crippen LogP contribution in [0.4, 0.5) is 5.82 Å². The van der Waals surface area contributed by atoms with Gasteiger partial charge in [0, 0.05) is 11.9 Å². The summed E-state index contributed by atoms with van der Waals surface area (Å²) in [6.07, 6.45) is 4.90. The van der Waals surface area contributed by atoms with Crippen LogP contribution >= 0.6 is 0 Å². The number of nitrogens with zero attached hydrogens (tertiary/aromatic N) is 2. The number of nitrogens with one attached hydrogen (secondary N) is 1. The second kappa shape index (κ2) is 6.13. The first kappa shape index (κ1) is 13.3. The summed E-state index contributed by atoms with van der Waals surface area (Å²) in [5.74, 6) is -0.184. The zero-order valence-corrected chi connectivity index (χ0v) is 10.9. The first-order valence-corrected chi connectivity index (χ1v) is 6.44. The van der Waals surface area contributed by atoms with Gasteiger partial charge in [0.2, 0.25) is 0 Å². The van der Waals surface area contributed by atoms with Crippen LogP contribution in [-0.2, 0) is 0 Å². The summed E-state index contributed by atoms with van der Waals surface area (Å²) in [5.41, 5.74) is 0.885. The lowest BCUT2D eigenvalue weighted by molar-refractivity contribution is 0.0697. The quantitative estimate of drug-likeness (QED) is 0.780. The Labute approximate surface area is 111 Å². The highest BCUT2D eigenvalue weighted by molar-refractivity contribution is 5.96. The normalized spacial score (nSPS) is 10.6. The Hall–Kier alpha value is -2.17. The van der Waals surface area contributed by atoms with E-state index in [1.54, 1.807) is 18.2 Å². The number of anilines is 1. The van der Waals surface area contributed by atoms with Crippen LogP contribution in [0.1, 0.15) is 36.5 Å². The van der Waals surface area contributed by atoms with Crippen molar-refractivity contribution in [2.24, 2.45) is 0 Å². The maximum atomic E-state index is 10.9. The number of carboxylic acid groups (broad SMARTS) is 1. The highest BCUT2D eigenvalue weighted by Gasteiger charge is 2.07. The highest BCUT2D eigenvalue weighted by Crippen LogP contribution is 2.20. The molecular weight excluding hydrogens is 242 g/mol. The van der Waals surface area contributed by atoms with Crippen molar-refractivity contribution in [2.45, 2.75) is 26.2 Å². The van der Waals surface area contributed by atoms with Crippen LogP contribution < -0.4 is 5.32 Å². The van der Waals surface area contributed by atoms with Gasteiger partial charge in [0.1, 0.15) is 12.1 Å². The van der Waals surface area contributed by atoms with Gasteiger partial charge in [0.25, 0.3) is 0 Å². The van der Waals surface area contributed by atoms with Crippen molar-refractivity contribution in [2.75, 3.05) is 11.9 Å². The molecule has 0 radical (unpaired) electrons. The second-order valence-electron chi connectivity index (χ2n) is 4.39. The van der Waals surface area contributed by atoms with Crippen LogP contribution in [0.2, 0.25) is 0 Å². The van der Waals surface area contributed by atoms with E-state index in [-0.39, 0.29) is 5.56 Å². The number of carboxylic acids is 1. The van der Waals surface area contributed by atoms with Gasteiger partial charge in [-0.25, -0.2) is 14.8 Å². The minimum atomic E-state index is -0.946. The number of unbranched alkanes of at least 4 members (excludes halogenated alkanes) is 2. The van der Waals surface area contributed by atoms with Crippen molar-refractivity contribution in [1.29, 1.82) is 0 Å². The van der Waals surface area contributed by atoms with E-state index in [4.69, 9.17) is 5.11 Å². The molecule has 0 amide bonds. The van der Waals surface area contributed by atoms with Gasteiger partial charge < -0.3 is 10.4 Å². The van der Waals surface area contributed by atoms with Crippen LogP contribution in [0.15, 0.2) is 24.5 Å². The highest BCUT2D eigenvalue weighted by atomic mass is 16.4. The van der Waals surface area contributed by atoms with Gasteiger partial charge in [0.05, 0.1) is 11.1 Å². The number of carbonyl (C=O) groups is 1. The lowest BCUT2D eigenvalue weighted by atomic mass is 10.1. The molecular formula is C14H17N3O2. The molecule has 19 heavy (non-hydrogen) atoms. The molecule has 1 aromatic heterocycles. The lowest BCUT2D eigenvalue weighted by Gasteiger charge is -2.08. The molecule has 0 saturated carbocycles. The average molecular weight is 259 g/mol. The smallest absolute Gasteiger partial charge is 0.335 e. The van der Waals surface area contributed by atoms with E-state index in [0.29, 0.717) is 5.52 Å². The van der Waals surface area contributed by atoms with Crippen LogP contribution in [-0.4, -0.2) is 27.6 Å². The van der Waals surface area contributed by atoms with Crippen molar-refractivity contribution in [3.8, 4) is 0 Å². The summed E-state index contributed by atoms with van der Waals surface area (Å²) in [6.45, 7) is 3.02. The van der Waals surface area contributed by atoms with Crippen molar-refractivity contribution in [3.63, 3.8) is 0 Å². The van der Waals surface area contributed by atoms with Crippen LogP contribution in [0, 0.1) is 0 Å². The van der Waals surface area contributed by atoms with E-state index in [1.807, 2.05) is 0 Å². The summed E-state index contributed by atoms with van der Waals surface area (Å²) in [5, 5.41) is 13.1. The van der Waals surface area contributed by atoms with E-state index in [2.05, 4.69) is 22.2 Å². The van der Waals surface area contributed by atoms with Gasteiger partial charge in [0.15, 0.2) is 0 Å². The Kier molecular flexibility index (Phi) is 4.28. The lowest BCUT2D eigenvalue weighted by Crippen LogP contribution is -2.04. The molecule has 100 valence electrons. The molecule has 2 N–H and O–H groups in total. The number of hydrogen-bond acceptors (Lipinski definition) is 4. The van der Waals surface area contributed by atoms with Crippen molar-refractivity contribution < 1.29 is 9.90 Å². The number of aromatic carboxylic acids is 1. The van der Waals surface area contributed by atoms with Crippen molar-refractivity contribution in [1.82, 2.24) is 9.97 Å². The molecule has 0 fully saturated rings. The molecule has 0 spiro atoms. The van der Waals surface area contributed by atoms with E-state index in [0.717, 1.165) is 24.2 Å². The predicted octanol–water partition coefficient (Wildman–Crippen LogP) is 2.93. The number of rotatable bonds is 6. The fraction of sp³-hybridized carbons (Fsp3) is 0.357. The van der Waals surface area contributed by atoms with Gasteiger partial charge >= 0.3 is 5.97 Å². The number of fused-ring (bicyclic) bond motifs is 1. The maximum Gasteiger partial charge on any atom is 0.335 e. The molecule has 0 aliphatic carbocycles. The number of benzene rings is 1. The van der Waals surface area contributed by atoms with Gasteiger partial charge in [-0.2, -0.15) is 0 Å². The van der Waals surface area contributed by atoms with Crippen LogP contribution in [0.25, 0.3) is 10.9 Å². The van der Waals surface area contributed by atoms with Gasteiger partial charge in [-0.3, -0.25) is 0 Å². The summed E-state index contributed by atoms with van der Waals surface area (Å²) >= 11 is 0. The zero-order chi connectivity index (χ0) is 13.7. The molecule has 1 aromatic carbocycles. The largest absolute Gasteiger partial charge is 0.478 e. The first-order valence-electron chi connectivity index (χ1n) is 6.44. The molecule has 0 aliphatic rings. The summed E-state index contributed by atoms with van der Waals surface area (Å²) in [7, 11) is 0. The standard InChI is InChI=1S/C14H17N3O2/c1-2-3-4-7-15-13-11-6-5-10(14(18)19)8-12(11)16-9-17-13/h5-6,8-9H,2-4,7H2,1H3,(H,18,19)(H,15,16,17). The van der Waals surface area contributed by atoms with Crippen molar-refractivity contribution >= 4 is 22.7 Å². The monoisotopic (exact) mass is 259 g/mol. The Bertz CT molecular complexity index is 584. The maximum absolute atomic E-state index is 10.9. The third-order valence-corrected chi connectivity index (χ3v) is 2.96. The fourth-order valence-corrected chi connectivity index (χ4v) is 1.91. The molecule has 5 nitrogen and oxygen atoms in total. The summed E-state index contributed by atoms with van der Waals surface area (Å²) < 4.78 is 0. The van der Waals surface area contributed by atoms with E-state index < -0.39 is 5.97 Å². The Balaban J connectivity index is 2.22. The minimum Gasteiger partial charge on any atom is -0.478 e. The molecule has 5 heteroatoms. The fourth-order valence-electron chi connectivity index (χ4n) is 1.91. The van der Waals surface area contributed by atoms with Gasteiger partial charge in [-0.05, 0) is 24.6 Å². The molecule has 2 rings (SSSR count). The molecule has 0 aliphatic heterocycles. The third-order valence-electron chi connectivity index (χ3n) is 2.96. The number of hydrogen-bond donors (Lipinski definition) is 2. The first-order chi connectivity index (χ1) is 9.22. The SMILES string of the molecule is CCCCCNc1ncnc2cc(C(=O)O)ccc12. The number of aromatic nitrogens is 2. The van der Waals surface area contributed by atoms with E-state index in [9.17, 15) is 4.79 Å². The average Bonchev–Trinajstić information content (AvgIpc) is 2.43. The molecule has 0 atom stereocenters. The zero-order valence-electron chi connectivity index (χ0n) is 10.9. The molecule has 0 unspecified atom stereocenters. The Morgan fingerprint density at radius 3 is 2.89 bits per heavy atom. The van der Waals surface area contributed by atoms with Crippen LogP contribution in [0.5, 0.6) is 0 Å². The summed E-state index contributed by atoms with van der Waals surface area (Å²) in [4.78, 5) is 19.2. The second-order valence-corrected chi connectivity index (χ2v) is 4.39. The molecule has 0 bridgehead atoms. The van der Waals surface area contributed by atoms with Crippen molar-refractivity contribution in [3.05, 3.63) is 30.1 Å². The Morgan fingerprint density at radius 2 is 2.16 bits per heavy atom. The Morgan fingerprint density at radius 1 is 1.32 bits per heavy atom. The molecule has 1 heterocycles. The van der Waals surface area contributed by atoms with E-state index >= 15 is 0 Å². The predicted molar refractivity (Wildman–Crippen MR) is 74.5 cm³/mol. The molecule has 2 aromatic rings. The van der Waals surface area contributed by atoms with E-state index in [1.165, 1.54) is 19.2 Å². The summed E-state index contributed by atoms with van der Waals surface area (Å²) in [6, 6.07) is 4.89. The van der Waals surface area contributed by atoms with Gasteiger partial charge in [-0.15, -0.1) is 0 Å². The third kappa shape index (κ3) is 3.19.